The Morgan fingerprint density at radius 2 is 1.85 bits per heavy atom. The van der Waals surface area contributed by atoms with E-state index in [-0.39, 0.29) is 17.2 Å². The van der Waals surface area contributed by atoms with Crippen molar-refractivity contribution in [2.24, 2.45) is 5.92 Å². The standard InChI is InChI=1S/C20H20F2N4/c1-11-15(21)9-10-17(18(11)22)25-20-24-16-6-4-3-5-14(16)19(26-20)23-12(2)13-7-8-13/h3-6,9-10,12-13H,7-8H2,1-2H3,(H2,23,24,25,26)/t12-/m1/s1. The quantitative estimate of drug-likeness (QED) is 0.664. The summed E-state index contributed by atoms with van der Waals surface area (Å²) in [6.45, 7) is 3.55. The van der Waals surface area contributed by atoms with E-state index in [0.717, 1.165) is 16.7 Å². The smallest absolute Gasteiger partial charge is 0.229 e. The first-order valence-electron chi connectivity index (χ1n) is 8.78. The lowest BCUT2D eigenvalue weighted by atomic mass is 10.2. The van der Waals surface area contributed by atoms with Gasteiger partial charge in [-0.25, -0.2) is 13.8 Å². The lowest BCUT2D eigenvalue weighted by Crippen LogP contribution is -2.19. The molecule has 0 amide bonds. The van der Waals surface area contributed by atoms with Crippen molar-refractivity contribution < 1.29 is 8.78 Å². The number of aromatic nitrogens is 2. The van der Waals surface area contributed by atoms with Gasteiger partial charge in [-0.05, 0) is 56.9 Å². The van der Waals surface area contributed by atoms with Crippen LogP contribution in [-0.2, 0) is 0 Å². The maximum atomic E-state index is 14.3. The Morgan fingerprint density at radius 1 is 1.08 bits per heavy atom. The van der Waals surface area contributed by atoms with Crippen molar-refractivity contribution in [3.63, 3.8) is 0 Å². The van der Waals surface area contributed by atoms with Crippen LogP contribution in [0.15, 0.2) is 36.4 Å². The van der Waals surface area contributed by atoms with Gasteiger partial charge in [0.05, 0.1) is 11.2 Å². The molecule has 1 atom stereocenters. The molecule has 134 valence electrons. The molecule has 0 bridgehead atoms. The molecule has 0 unspecified atom stereocenters. The van der Waals surface area contributed by atoms with E-state index in [4.69, 9.17) is 0 Å². The van der Waals surface area contributed by atoms with Gasteiger partial charge in [0.25, 0.3) is 0 Å². The van der Waals surface area contributed by atoms with E-state index in [9.17, 15) is 8.78 Å². The van der Waals surface area contributed by atoms with Gasteiger partial charge in [-0.3, -0.25) is 0 Å². The Labute approximate surface area is 150 Å². The van der Waals surface area contributed by atoms with Gasteiger partial charge >= 0.3 is 0 Å². The van der Waals surface area contributed by atoms with Crippen LogP contribution < -0.4 is 10.6 Å². The highest BCUT2D eigenvalue weighted by molar-refractivity contribution is 5.90. The van der Waals surface area contributed by atoms with Crippen LogP contribution in [0.25, 0.3) is 10.9 Å². The third-order valence-corrected chi connectivity index (χ3v) is 4.86. The maximum Gasteiger partial charge on any atom is 0.229 e. The second kappa shape index (κ2) is 6.52. The van der Waals surface area contributed by atoms with E-state index < -0.39 is 11.6 Å². The predicted molar refractivity (Wildman–Crippen MR) is 99.7 cm³/mol. The van der Waals surface area contributed by atoms with Gasteiger partial charge in [-0.15, -0.1) is 0 Å². The molecular weight excluding hydrogens is 334 g/mol. The second-order valence-corrected chi connectivity index (χ2v) is 6.84. The Bertz CT molecular complexity index is 969. The van der Waals surface area contributed by atoms with Crippen LogP contribution in [0.3, 0.4) is 0 Å². The molecule has 3 aromatic rings. The molecule has 1 fully saturated rings. The monoisotopic (exact) mass is 354 g/mol. The summed E-state index contributed by atoms with van der Waals surface area (Å²) in [5.74, 6) is 0.448. The first kappa shape index (κ1) is 16.7. The number of hydrogen-bond acceptors (Lipinski definition) is 4. The first-order chi connectivity index (χ1) is 12.5. The fourth-order valence-electron chi connectivity index (χ4n) is 3.05. The van der Waals surface area contributed by atoms with Crippen molar-refractivity contribution in [3.05, 3.63) is 53.6 Å². The van der Waals surface area contributed by atoms with Crippen LogP contribution in [0.5, 0.6) is 0 Å². The highest BCUT2D eigenvalue weighted by Crippen LogP contribution is 2.35. The Hall–Kier alpha value is -2.76. The topological polar surface area (TPSA) is 49.8 Å². The number of nitrogens with one attached hydrogen (secondary N) is 2. The molecule has 0 aliphatic heterocycles. The molecule has 1 saturated carbocycles. The minimum Gasteiger partial charge on any atom is -0.367 e. The molecule has 0 saturated heterocycles. The Morgan fingerprint density at radius 3 is 2.62 bits per heavy atom. The van der Waals surface area contributed by atoms with E-state index in [1.54, 1.807) is 0 Å². The van der Waals surface area contributed by atoms with Crippen LogP contribution in [0.2, 0.25) is 0 Å². The number of para-hydroxylation sites is 1. The van der Waals surface area contributed by atoms with Gasteiger partial charge in [0.1, 0.15) is 11.6 Å². The summed E-state index contributed by atoms with van der Waals surface area (Å²) < 4.78 is 27.8. The van der Waals surface area contributed by atoms with E-state index in [1.165, 1.54) is 31.9 Å². The molecule has 2 N–H and O–H groups in total. The second-order valence-electron chi connectivity index (χ2n) is 6.84. The zero-order valence-corrected chi connectivity index (χ0v) is 14.7. The number of nitrogens with zero attached hydrogens (tertiary/aromatic N) is 2. The number of benzene rings is 2. The molecule has 1 aliphatic carbocycles. The van der Waals surface area contributed by atoms with Crippen molar-refractivity contribution in [1.82, 2.24) is 9.97 Å². The van der Waals surface area contributed by atoms with Crippen molar-refractivity contribution in [2.75, 3.05) is 10.6 Å². The van der Waals surface area contributed by atoms with E-state index in [0.29, 0.717) is 12.0 Å². The van der Waals surface area contributed by atoms with Gasteiger partial charge in [0.15, 0.2) is 5.82 Å². The van der Waals surface area contributed by atoms with Crippen molar-refractivity contribution in [2.45, 2.75) is 32.7 Å². The summed E-state index contributed by atoms with van der Waals surface area (Å²) >= 11 is 0. The third-order valence-electron chi connectivity index (χ3n) is 4.86. The molecular formula is C20H20F2N4. The van der Waals surface area contributed by atoms with Gasteiger partial charge in [-0.1, -0.05) is 12.1 Å². The minimum atomic E-state index is -0.636. The van der Waals surface area contributed by atoms with Gasteiger partial charge in [-0.2, -0.15) is 4.98 Å². The average molecular weight is 354 g/mol. The largest absolute Gasteiger partial charge is 0.367 e. The van der Waals surface area contributed by atoms with Gasteiger partial charge < -0.3 is 10.6 Å². The summed E-state index contributed by atoms with van der Waals surface area (Å²) in [5, 5.41) is 7.27. The summed E-state index contributed by atoms with van der Waals surface area (Å²) in [7, 11) is 0. The van der Waals surface area contributed by atoms with Crippen molar-refractivity contribution in [3.8, 4) is 0 Å². The molecule has 6 heteroatoms. The number of hydrogen-bond donors (Lipinski definition) is 2. The van der Waals surface area contributed by atoms with E-state index in [2.05, 4.69) is 27.5 Å². The summed E-state index contributed by atoms with van der Waals surface area (Å²) in [4.78, 5) is 9.02. The summed E-state index contributed by atoms with van der Waals surface area (Å²) in [5.41, 5.74) is 0.881. The van der Waals surface area contributed by atoms with Crippen molar-refractivity contribution >= 4 is 28.4 Å². The fraction of sp³-hybridized carbons (Fsp3) is 0.300. The minimum absolute atomic E-state index is 0.0310. The number of halogens is 2. The van der Waals surface area contributed by atoms with Crippen LogP contribution in [0, 0.1) is 24.5 Å². The molecule has 26 heavy (non-hydrogen) atoms. The number of fused-ring (bicyclic) bond motifs is 1. The zero-order valence-electron chi connectivity index (χ0n) is 14.7. The van der Waals surface area contributed by atoms with Crippen LogP contribution >= 0.6 is 0 Å². The number of anilines is 3. The maximum absolute atomic E-state index is 14.3. The zero-order chi connectivity index (χ0) is 18.3. The average Bonchev–Trinajstić information content (AvgIpc) is 3.47. The third kappa shape index (κ3) is 3.19. The molecule has 2 aromatic carbocycles. The molecule has 1 aliphatic rings. The van der Waals surface area contributed by atoms with Gasteiger partial charge in [0, 0.05) is 17.0 Å². The number of rotatable bonds is 5. The molecule has 4 rings (SSSR count). The van der Waals surface area contributed by atoms with Gasteiger partial charge in [0.2, 0.25) is 5.95 Å². The summed E-state index contributed by atoms with van der Waals surface area (Å²) in [6, 6.07) is 10.6. The molecule has 0 spiro atoms. The normalized spacial score (nSPS) is 15.1. The molecule has 1 heterocycles. The van der Waals surface area contributed by atoms with E-state index >= 15 is 0 Å². The predicted octanol–water partition coefficient (Wildman–Crippen LogP) is 5.17. The van der Waals surface area contributed by atoms with E-state index in [1.807, 2.05) is 24.3 Å². The van der Waals surface area contributed by atoms with Crippen LogP contribution in [0.1, 0.15) is 25.3 Å². The fourth-order valence-corrected chi connectivity index (χ4v) is 3.05. The molecule has 0 radical (unpaired) electrons. The van der Waals surface area contributed by atoms with Crippen LogP contribution in [0.4, 0.5) is 26.2 Å². The Kier molecular flexibility index (Phi) is 4.18. The SMILES string of the molecule is Cc1c(F)ccc(Nc2nc(N[C@H](C)C3CC3)c3ccccc3n2)c1F. The van der Waals surface area contributed by atoms with Crippen LogP contribution in [-0.4, -0.2) is 16.0 Å². The first-order valence-corrected chi connectivity index (χ1v) is 8.78. The molecule has 1 aromatic heterocycles. The Balaban J connectivity index is 1.72. The molecule has 4 nitrogen and oxygen atoms in total. The van der Waals surface area contributed by atoms with Crippen molar-refractivity contribution in [1.29, 1.82) is 0 Å². The lowest BCUT2D eigenvalue weighted by Gasteiger charge is -2.17. The highest BCUT2D eigenvalue weighted by Gasteiger charge is 2.28. The highest BCUT2D eigenvalue weighted by atomic mass is 19.1. The lowest BCUT2D eigenvalue weighted by molar-refractivity contribution is 0.570. The summed E-state index contributed by atoms with van der Waals surface area (Å²) in [6.07, 6.45) is 2.45.